The number of para-hydroxylation sites is 1. The van der Waals surface area contributed by atoms with Crippen LogP contribution in [-0.2, 0) is 6.54 Å². The van der Waals surface area contributed by atoms with Crippen LogP contribution in [0.2, 0.25) is 0 Å². The van der Waals surface area contributed by atoms with E-state index in [0.717, 1.165) is 5.92 Å². The summed E-state index contributed by atoms with van der Waals surface area (Å²) in [6.07, 6.45) is 7.96. The highest BCUT2D eigenvalue weighted by atomic mass is 14.9. The molecule has 1 fully saturated rings. The van der Waals surface area contributed by atoms with Gasteiger partial charge in [-0.1, -0.05) is 37.5 Å². The summed E-state index contributed by atoms with van der Waals surface area (Å²) >= 11 is 0. The van der Waals surface area contributed by atoms with E-state index in [9.17, 15) is 0 Å². The van der Waals surface area contributed by atoms with E-state index in [-0.39, 0.29) is 0 Å². The fourth-order valence-corrected chi connectivity index (χ4v) is 2.44. The fraction of sp³-hybridized carbons (Fsp3) is 0.429. The Morgan fingerprint density at radius 1 is 1.13 bits per heavy atom. The summed E-state index contributed by atoms with van der Waals surface area (Å²) in [4.78, 5) is 0. The van der Waals surface area contributed by atoms with Gasteiger partial charge in [0.1, 0.15) is 0 Å². The molecule has 0 bridgehead atoms. The van der Waals surface area contributed by atoms with Crippen LogP contribution < -0.4 is 0 Å². The summed E-state index contributed by atoms with van der Waals surface area (Å²) in [6, 6.07) is 10.9. The largest absolute Gasteiger partial charge is 0.347 e. The lowest BCUT2D eigenvalue weighted by molar-refractivity contribution is 0.283. The lowest BCUT2D eigenvalue weighted by atomic mass is 9.83. The van der Waals surface area contributed by atoms with E-state index in [2.05, 4.69) is 41.1 Å². The molecule has 1 aliphatic carbocycles. The average Bonchev–Trinajstić information content (AvgIpc) is 2.60. The third-order valence-electron chi connectivity index (χ3n) is 3.68. The topological polar surface area (TPSA) is 4.93 Å². The summed E-state index contributed by atoms with van der Waals surface area (Å²) < 4.78 is 2.40. The minimum atomic E-state index is 1.01. The molecule has 0 saturated heterocycles. The van der Waals surface area contributed by atoms with Crippen molar-refractivity contribution >= 4 is 10.9 Å². The Hall–Kier alpha value is -1.24. The first-order valence-corrected chi connectivity index (χ1v) is 5.97. The van der Waals surface area contributed by atoms with Gasteiger partial charge in [0.2, 0.25) is 0 Å². The normalized spacial score (nSPS) is 16.8. The molecule has 0 unspecified atom stereocenters. The van der Waals surface area contributed by atoms with Crippen LogP contribution in [0.1, 0.15) is 25.7 Å². The average molecular weight is 199 g/mol. The Kier molecular flexibility index (Phi) is 2.24. The number of fused-ring (bicyclic) bond motifs is 1. The molecule has 0 atom stereocenters. The van der Waals surface area contributed by atoms with Crippen molar-refractivity contribution < 1.29 is 0 Å². The van der Waals surface area contributed by atoms with E-state index in [1.54, 1.807) is 0 Å². The van der Waals surface area contributed by atoms with Gasteiger partial charge in [0.25, 0.3) is 0 Å². The number of aromatic nitrogens is 1. The van der Waals surface area contributed by atoms with E-state index < -0.39 is 0 Å². The Labute approximate surface area is 90.7 Å². The highest BCUT2D eigenvalue weighted by molar-refractivity contribution is 5.79. The zero-order chi connectivity index (χ0) is 10.1. The van der Waals surface area contributed by atoms with Gasteiger partial charge in [0, 0.05) is 18.3 Å². The van der Waals surface area contributed by atoms with Crippen LogP contribution in [0.4, 0.5) is 0 Å². The second-order valence-corrected chi connectivity index (χ2v) is 4.65. The van der Waals surface area contributed by atoms with Crippen molar-refractivity contribution in [2.24, 2.45) is 5.92 Å². The zero-order valence-electron chi connectivity index (χ0n) is 9.02. The fourth-order valence-electron chi connectivity index (χ4n) is 2.44. The molecule has 78 valence electrons. The molecule has 2 aromatic rings. The van der Waals surface area contributed by atoms with Gasteiger partial charge in [-0.15, -0.1) is 0 Å². The van der Waals surface area contributed by atoms with E-state index >= 15 is 0 Å². The van der Waals surface area contributed by atoms with Gasteiger partial charge in [-0.2, -0.15) is 0 Å². The molecule has 1 aliphatic rings. The van der Waals surface area contributed by atoms with Crippen LogP contribution in [0.25, 0.3) is 10.9 Å². The molecule has 15 heavy (non-hydrogen) atoms. The first-order valence-electron chi connectivity index (χ1n) is 5.97. The highest BCUT2D eigenvalue weighted by Gasteiger charge is 2.16. The summed E-state index contributed by atoms with van der Waals surface area (Å²) in [5.74, 6) is 1.01. The van der Waals surface area contributed by atoms with E-state index in [1.165, 1.54) is 43.1 Å². The highest BCUT2D eigenvalue weighted by Crippen LogP contribution is 2.30. The van der Waals surface area contributed by atoms with Crippen LogP contribution in [0, 0.1) is 5.92 Å². The molecule has 0 N–H and O–H groups in total. The maximum absolute atomic E-state index is 2.40. The van der Waals surface area contributed by atoms with Crippen LogP contribution in [0.5, 0.6) is 0 Å². The van der Waals surface area contributed by atoms with Crippen molar-refractivity contribution in [1.29, 1.82) is 0 Å². The van der Waals surface area contributed by atoms with Crippen molar-refractivity contribution in [1.82, 2.24) is 4.57 Å². The van der Waals surface area contributed by atoms with Gasteiger partial charge in [0.15, 0.2) is 0 Å². The van der Waals surface area contributed by atoms with Gasteiger partial charge < -0.3 is 4.57 Å². The summed E-state index contributed by atoms with van der Waals surface area (Å²) in [5.41, 5.74) is 1.39. The molecular weight excluding hydrogens is 182 g/mol. The van der Waals surface area contributed by atoms with Gasteiger partial charge in [0.05, 0.1) is 0 Å². The predicted molar refractivity (Wildman–Crippen MR) is 63.9 cm³/mol. The second-order valence-electron chi connectivity index (χ2n) is 4.65. The van der Waals surface area contributed by atoms with Crippen LogP contribution in [-0.4, -0.2) is 4.57 Å². The van der Waals surface area contributed by atoms with Crippen molar-refractivity contribution in [2.45, 2.75) is 32.2 Å². The van der Waals surface area contributed by atoms with Gasteiger partial charge >= 0.3 is 0 Å². The first-order chi connectivity index (χ1) is 7.43. The minimum Gasteiger partial charge on any atom is -0.347 e. The summed E-state index contributed by atoms with van der Waals surface area (Å²) in [7, 11) is 0. The first kappa shape index (κ1) is 9.02. The maximum atomic E-state index is 2.40. The van der Waals surface area contributed by atoms with Gasteiger partial charge in [-0.05, 0) is 29.9 Å². The standard InChI is InChI=1S/C14H17N/c1-2-7-14-13(6-1)9-11-15(14)10-8-12-4-3-5-12/h1-2,6-7,9,11-12H,3-5,8,10H2. The molecule has 1 aromatic carbocycles. The third-order valence-corrected chi connectivity index (χ3v) is 3.68. The van der Waals surface area contributed by atoms with Crippen LogP contribution in [0.15, 0.2) is 36.5 Å². The zero-order valence-corrected chi connectivity index (χ0v) is 9.02. The maximum Gasteiger partial charge on any atom is 0.0480 e. The smallest absolute Gasteiger partial charge is 0.0480 e. The predicted octanol–water partition coefficient (Wildman–Crippen LogP) is 3.83. The van der Waals surface area contributed by atoms with Crippen molar-refractivity contribution in [3.05, 3.63) is 36.5 Å². The van der Waals surface area contributed by atoms with E-state index in [0.29, 0.717) is 0 Å². The van der Waals surface area contributed by atoms with Crippen molar-refractivity contribution in [2.75, 3.05) is 0 Å². The molecule has 1 aromatic heterocycles. The summed E-state index contributed by atoms with van der Waals surface area (Å²) in [6.45, 7) is 1.19. The Balaban J connectivity index is 1.78. The van der Waals surface area contributed by atoms with Crippen molar-refractivity contribution in [3.63, 3.8) is 0 Å². The number of nitrogens with zero attached hydrogens (tertiary/aromatic N) is 1. The SMILES string of the molecule is c1ccc2c(c1)ccn2CCC1CCC1. The summed E-state index contributed by atoms with van der Waals surface area (Å²) in [5, 5.41) is 1.37. The molecule has 0 radical (unpaired) electrons. The van der Waals surface area contributed by atoms with Crippen LogP contribution >= 0.6 is 0 Å². The van der Waals surface area contributed by atoms with E-state index in [4.69, 9.17) is 0 Å². The van der Waals surface area contributed by atoms with E-state index in [1.807, 2.05) is 0 Å². The quantitative estimate of drug-likeness (QED) is 0.708. The molecular formula is C14H17N. The number of hydrogen-bond donors (Lipinski definition) is 0. The number of aryl methyl sites for hydroxylation is 1. The van der Waals surface area contributed by atoms with Gasteiger partial charge in [-0.25, -0.2) is 0 Å². The molecule has 1 saturated carbocycles. The minimum absolute atomic E-state index is 1.01. The van der Waals surface area contributed by atoms with Crippen LogP contribution in [0.3, 0.4) is 0 Å². The Morgan fingerprint density at radius 2 is 2.00 bits per heavy atom. The molecule has 1 heteroatoms. The molecule has 1 heterocycles. The molecule has 0 amide bonds. The number of rotatable bonds is 3. The van der Waals surface area contributed by atoms with Crippen molar-refractivity contribution in [3.8, 4) is 0 Å². The second kappa shape index (κ2) is 3.73. The van der Waals surface area contributed by atoms with Gasteiger partial charge in [-0.3, -0.25) is 0 Å². The third kappa shape index (κ3) is 1.67. The Bertz CT molecular complexity index is 451. The number of hydrogen-bond acceptors (Lipinski definition) is 0. The Morgan fingerprint density at radius 3 is 2.80 bits per heavy atom. The lowest BCUT2D eigenvalue weighted by Crippen LogP contribution is -2.13. The lowest BCUT2D eigenvalue weighted by Gasteiger charge is -2.25. The molecule has 1 nitrogen and oxygen atoms in total. The molecule has 0 aliphatic heterocycles. The monoisotopic (exact) mass is 199 g/mol. The number of benzene rings is 1. The molecule has 0 spiro atoms. The molecule has 3 rings (SSSR count).